The molecular weight excluding hydrogens is 613 g/mol. The lowest BCUT2D eigenvalue weighted by Crippen LogP contribution is -3.00. The van der Waals surface area contributed by atoms with Crippen LogP contribution in [0.5, 0.6) is 0 Å². The van der Waals surface area contributed by atoms with Crippen LogP contribution in [0.1, 0.15) is 6.42 Å². The smallest absolute Gasteiger partial charge is 0.460 e. The van der Waals surface area contributed by atoms with Crippen LogP contribution in [0.3, 0.4) is 0 Å². The molecule has 0 rings (SSSR count). The van der Waals surface area contributed by atoms with Gasteiger partial charge in [-0.3, -0.25) is 0 Å². The second-order valence-corrected chi connectivity index (χ2v) is 9.75. The number of halogens is 18. The lowest BCUT2D eigenvalue weighted by molar-refractivity contribution is -0.873. The van der Waals surface area contributed by atoms with Gasteiger partial charge in [-0.2, -0.15) is 86.4 Å². The number of rotatable bonds is 13. The van der Waals surface area contributed by atoms with Gasteiger partial charge in [0.25, 0.3) is 0 Å². The van der Waals surface area contributed by atoms with Crippen LogP contribution < -0.4 is 12.4 Å². The molecule has 0 aromatic rings. The van der Waals surface area contributed by atoms with E-state index in [-0.39, 0.29) is 35.2 Å². The largest absolute Gasteiger partial charge is 1.00 e. The minimum absolute atomic E-state index is 0. The van der Waals surface area contributed by atoms with Crippen LogP contribution in [0.15, 0.2) is 0 Å². The fourth-order valence-corrected chi connectivity index (χ4v) is 3.40. The van der Waals surface area contributed by atoms with Crippen LogP contribution in [-0.4, -0.2) is 103 Å². The van der Waals surface area contributed by atoms with E-state index in [1.807, 2.05) is 0 Å². The summed E-state index contributed by atoms with van der Waals surface area (Å²) in [6, 6.07) is 0. The molecule has 0 bridgehead atoms. The van der Waals surface area contributed by atoms with E-state index >= 15 is 0 Å². The van der Waals surface area contributed by atoms with Gasteiger partial charge in [0.15, 0.2) is 0 Å². The molecule has 0 fully saturated rings. The van der Waals surface area contributed by atoms with Crippen LogP contribution in [0.2, 0.25) is 0 Å². The molecule has 226 valence electrons. The number of nitrogens with zero attached hydrogens (tertiary/aromatic N) is 1. The zero-order valence-corrected chi connectivity index (χ0v) is 20.1. The summed E-state index contributed by atoms with van der Waals surface area (Å²) in [7, 11) is 4.65. The van der Waals surface area contributed by atoms with Crippen molar-refractivity contribution in [1.29, 1.82) is 0 Å². The first kappa shape index (κ1) is 38.5. The molecule has 0 aromatic carbocycles. The standard InChI is InChI=1S/C16H19F17NOS.ClH/c1-34(2,3)6-8(35)7-36-5-4-9(17,18)10(19,20)11(21,22)12(23,24)13(25,26)14(27,28)15(29,30)16(31,32)33;/h8,35H,4-7H2,1-3H3;1H/q+1;/p-1. The molecule has 1 N–H and O–H groups in total. The van der Waals surface area contributed by atoms with Gasteiger partial charge in [-0.15, -0.1) is 0 Å². The number of hydrogen-bond donors (Lipinski definition) is 1. The maximum absolute atomic E-state index is 13.7. The second kappa shape index (κ2) is 11.1. The van der Waals surface area contributed by atoms with Crippen LogP contribution >= 0.6 is 11.8 Å². The summed E-state index contributed by atoms with van der Waals surface area (Å²) >= 11 is 0.181. The molecule has 0 saturated carbocycles. The maximum Gasteiger partial charge on any atom is 0.460 e. The van der Waals surface area contributed by atoms with Gasteiger partial charge in [0.1, 0.15) is 12.6 Å². The average molecular weight is 632 g/mol. The highest BCUT2D eigenvalue weighted by Crippen LogP contribution is 2.64. The number of quaternary nitrogens is 1. The molecule has 0 aliphatic carbocycles. The Bertz CT molecular complexity index is 751. The molecule has 37 heavy (non-hydrogen) atoms. The molecule has 0 aromatic heterocycles. The summed E-state index contributed by atoms with van der Waals surface area (Å²) in [5, 5.41) is 9.61. The lowest BCUT2D eigenvalue weighted by Gasteiger charge is -2.42. The Morgan fingerprint density at radius 3 is 1.24 bits per heavy atom. The molecule has 1 unspecified atom stereocenters. The summed E-state index contributed by atoms with van der Waals surface area (Å²) in [6.07, 6.45) is -11.6. The normalized spacial score (nSPS) is 16.5. The van der Waals surface area contributed by atoms with Crippen molar-refractivity contribution in [2.75, 3.05) is 39.2 Å². The van der Waals surface area contributed by atoms with Crippen LogP contribution in [0.4, 0.5) is 74.6 Å². The molecule has 0 heterocycles. The Morgan fingerprint density at radius 1 is 0.595 bits per heavy atom. The highest BCUT2D eigenvalue weighted by atomic mass is 35.5. The number of alkyl halides is 17. The Hall–Kier alpha value is -0.630. The summed E-state index contributed by atoms with van der Waals surface area (Å²) in [4.78, 5) is 0. The zero-order chi connectivity index (χ0) is 29.6. The lowest BCUT2D eigenvalue weighted by atomic mass is 9.88. The van der Waals surface area contributed by atoms with Crippen molar-refractivity contribution in [3.05, 3.63) is 0 Å². The van der Waals surface area contributed by atoms with Crippen LogP contribution in [0.25, 0.3) is 0 Å². The van der Waals surface area contributed by atoms with Gasteiger partial charge in [-0.25, -0.2) is 0 Å². The van der Waals surface area contributed by atoms with Gasteiger partial charge in [0.05, 0.1) is 21.1 Å². The molecule has 0 saturated heterocycles. The summed E-state index contributed by atoms with van der Waals surface area (Å²) in [6.45, 7) is -0.0459. The fraction of sp³-hybridized carbons (Fsp3) is 1.00. The first-order chi connectivity index (χ1) is 15.4. The number of likely N-dealkylation sites (N-methyl/N-ethyl adjacent to an activating group) is 1. The van der Waals surface area contributed by atoms with E-state index in [1.54, 1.807) is 21.1 Å². The number of thioether (sulfide) groups is 1. The summed E-state index contributed by atoms with van der Waals surface area (Å²) in [5.74, 6) is -58.0. The van der Waals surface area contributed by atoms with Crippen molar-refractivity contribution in [1.82, 2.24) is 0 Å². The van der Waals surface area contributed by atoms with Crippen molar-refractivity contribution in [2.24, 2.45) is 0 Å². The van der Waals surface area contributed by atoms with E-state index in [1.165, 1.54) is 0 Å². The predicted octanol–water partition coefficient (Wildman–Crippen LogP) is 3.19. The number of aliphatic hydroxyl groups excluding tert-OH is 1. The van der Waals surface area contributed by atoms with E-state index in [9.17, 15) is 79.7 Å². The minimum Gasteiger partial charge on any atom is -1.00 e. The van der Waals surface area contributed by atoms with Gasteiger partial charge in [0, 0.05) is 12.2 Å². The van der Waals surface area contributed by atoms with E-state index < -0.39 is 71.7 Å². The molecular formula is C16H19ClF17NOS. The molecule has 1 atom stereocenters. The third-order valence-electron chi connectivity index (χ3n) is 4.42. The summed E-state index contributed by atoms with van der Waals surface area (Å²) in [5.41, 5.74) is 0. The third-order valence-corrected chi connectivity index (χ3v) is 5.53. The van der Waals surface area contributed by atoms with Crippen LogP contribution in [-0.2, 0) is 0 Å². The topological polar surface area (TPSA) is 20.2 Å². The predicted molar refractivity (Wildman–Crippen MR) is 91.5 cm³/mol. The first-order valence-corrected chi connectivity index (χ1v) is 10.3. The molecule has 0 aliphatic rings. The fourth-order valence-electron chi connectivity index (χ4n) is 2.46. The van der Waals surface area contributed by atoms with E-state index in [0.717, 1.165) is 0 Å². The highest BCUT2D eigenvalue weighted by Gasteiger charge is 2.95. The van der Waals surface area contributed by atoms with Gasteiger partial charge in [-0.05, 0) is 5.75 Å². The Morgan fingerprint density at radius 2 is 0.919 bits per heavy atom. The van der Waals surface area contributed by atoms with E-state index in [2.05, 4.69) is 0 Å². The second-order valence-electron chi connectivity index (χ2n) is 8.60. The monoisotopic (exact) mass is 631 g/mol. The van der Waals surface area contributed by atoms with Gasteiger partial charge in [-0.1, -0.05) is 0 Å². The van der Waals surface area contributed by atoms with E-state index in [0.29, 0.717) is 0 Å². The molecule has 0 spiro atoms. The van der Waals surface area contributed by atoms with Gasteiger partial charge < -0.3 is 22.0 Å². The molecule has 0 amide bonds. The molecule has 0 aliphatic heterocycles. The zero-order valence-electron chi connectivity index (χ0n) is 18.5. The number of hydrogen-bond acceptors (Lipinski definition) is 2. The Balaban J connectivity index is 0. The quantitative estimate of drug-likeness (QED) is 0.192. The van der Waals surface area contributed by atoms with Crippen molar-refractivity contribution in [2.45, 2.75) is 60.2 Å². The average Bonchev–Trinajstić information content (AvgIpc) is 2.61. The maximum atomic E-state index is 13.7. The van der Waals surface area contributed by atoms with Crippen molar-refractivity contribution in [3.8, 4) is 0 Å². The van der Waals surface area contributed by atoms with Crippen LogP contribution in [0, 0.1) is 0 Å². The van der Waals surface area contributed by atoms with E-state index in [4.69, 9.17) is 0 Å². The summed E-state index contributed by atoms with van der Waals surface area (Å²) < 4.78 is 224. The Labute approximate surface area is 208 Å². The third kappa shape index (κ3) is 6.93. The minimum atomic E-state index is -8.62. The van der Waals surface area contributed by atoms with Crippen molar-refractivity contribution >= 4 is 11.8 Å². The SMILES string of the molecule is C[N+](C)(C)CC(O)CSCCC(F)(F)C(F)(F)C(F)(F)C(F)(F)C(F)(F)C(F)(F)C(F)(F)C(F)(F)F.[Cl-]. The van der Waals surface area contributed by atoms with Crippen molar-refractivity contribution < 1.29 is 96.6 Å². The van der Waals surface area contributed by atoms with Crippen molar-refractivity contribution in [3.63, 3.8) is 0 Å². The first-order valence-electron chi connectivity index (χ1n) is 9.13. The molecule has 0 radical (unpaired) electrons. The highest BCUT2D eigenvalue weighted by molar-refractivity contribution is 7.99. The Kier molecular flexibility index (Phi) is 11.5. The van der Waals surface area contributed by atoms with Gasteiger partial charge in [0.2, 0.25) is 0 Å². The number of aliphatic hydroxyl groups is 1. The molecule has 21 heteroatoms. The molecule has 2 nitrogen and oxygen atoms in total. The van der Waals surface area contributed by atoms with Gasteiger partial charge >= 0.3 is 47.6 Å².